The van der Waals surface area contributed by atoms with Crippen LogP contribution < -0.4 is 5.32 Å². The van der Waals surface area contributed by atoms with Gasteiger partial charge in [0.2, 0.25) is 17.6 Å². The van der Waals surface area contributed by atoms with Crippen molar-refractivity contribution in [2.24, 2.45) is 5.92 Å². The minimum absolute atomic E-state index is 0.0670. The Bertz CT molecular complexity index is 1320. The van der Waals surface area contributed by atoms with Crippen molar-refractivity contribution >= 4 is 17.5 Å². The normalized spacial score (nSPS) is 17.0. The van der Waals surface area contributed by atoms with Gasteiger partial charge in [-0.15, -0.1) is 0 Å². The fraction of sp³-hybridized carbons (Fsp3) is 0.276. The minimum atomic E-state index is -0.192. The topological polar surface area (TPSA) is 71.3 Å². The van der Waals surface area contributed by atoms with Gasteiger partial charge in [0.05, 0.1) is 23.5 Å². The molecule has 2 unspecified atom stereocenters. The molecule has 1 aliphatic heterocycles. The number of piperidine rings is 1. The molecule has 2 atom stereocenters. The van der Waals surface area contributed by atoms with Crippen LogP contribution in [0.4, 0.5) is 0 Å². The molecule has 0 bridgehead atoms. The first-order valence-electron chi connectivity index (χ1n) is 12.3. The lowest BCUT2D eigenvalue weighted by Crippen LogP contribution is -2.43. The van der Waals surface area contributed by atoms with Gasteiger partial charge in [-0.1, -0.05) is 89.1 Å². The summed E-state index contributed by atoms with van der Waals surface area (Å²) in [5.74, 6) is 0.955. The van der Waals surface area contributed by atoms with Crippen molar-refractivity contribution in [3.63, 3.8) is 0 Å². The Morgan fingerprint density at radius 3 is 2.67 bits per heavy atom. The van der Waals surface area contributed by atoms with Crippen LogP contribution in [-0.4, -0.2) is 34.0 Å². The molecule has 0 aliphatic carbocycles. The number of aryl methyl sites for hydroxylation is 1. The molecular weight excluding hydrogens is 472 g/mol. The largest absolute Gasteiger partial charge is 0.345 e. The third-order valence-electron chi connectivity index (χ3n) is 6.61. The molecule has 7 heteroatoms. The zero-order chi connectivity index (χ0) is 24.9. The third kappa shape index (κ3) is 5.66. The molecule has 0 radical (unpaired) electrons. The summed E-state index contributed by atoms with van der Waals surface area (Å²) in [5, 5.41) is 8.02. The third-order valence-corrected chi connectivity index (χ3v) is 6.94. The van der Waals surface area contributed by atoms with Crippen LogP contribution >= 0.6 is 11.6 Å². The van der Waals surface area contributed by atoms with Crippen LogP contribution in [0.5, 0.6) is 0 Å². The summed E-state index contributed by atoms with van der Waals surface area (Å²) in [6, 6.07) is 25.7. The van der Waals surface area contributed by atoms with Gasteiger partial charge >= 0.3 is 0 Å². The molecule has 4 aromatic rings. The number of nitrogens with zero attached hydrogens (tertiary/aromatic N) is 3. The molecule has 1 fully saturated rings. The summed E-state index contributed by atoms with van der Waals surface area (Å²) >= 11 is 6.28. The minimum Gasteiger partial charge on any atom is -0.345 e. The Morgan fingerprint density at radius 2 is 1.86 bits per heavy atom. The van der Waals surface area contributed by atoms with Gasteiger partial charge in [0.15, 0.2) is 0 Å². The van der Waals surface area contributed by atoms with Crippen molar-refractivity contribution in [2.75, 3.05) is 13.1 Å². The van der Waals surface area contributed by atoms with Crippen molar-refractivity contribution in [3.05, 3.63) is 106 Å². The zero-order valence-corrected chi connectivity index (χ0v) is 21.0. The highest BCUT2D eigenvalue weighted by Crippen LogP contribution is 2.27. The number of amides is 1. The number of carbonyl (C=O) groups excluding carboxylic acids is 1. The average Bonchev–Trinajstić information content (AvgIpc) is 3.36. The van der Waals surface area contributed by atoms with Gasteiger partial charge in [0, 0.05) is 12.1 Å². The lowest BCUT2D eigenvalue weighted by atomic mass is 9.93. The Hall–Kier alpha value is -3.48. The molecule has 3 aromatic carbocycles. The number of benzene rings is 3. The van der Waals surface area contributed by atoms with Crippen molar-refractivity contribution in [3.8, 4) is 11.4 Å². The SMILES string of the molecule is Cc1cccc(C(NC(=O)C2CCCN(Cc3nc(-c4ccccc4Cl)no3)C2)c2ccccc2)c1. The quantitative estimate of drug-likeness (QED) is 0.346. The lowest BCUT2D eigenvalue weighted by molar-refractivity contribution is -0.127. The average molecular weight is 501 g/mol. The molecule has 36 heavy (non-hydrogen) atoms. The number of aromatic nitrogens is 2. The van der Waals surface area contributed by atoms with Gasteiger partial charge in [0.1, 0.15) is 0 Å². The van der Waals surface area contributed by atoms with Crippen molar-refractivity contribution in [1.29, 1.82) is 0 Å². The fourth-order valence-electron chi connectivity index (χ4n) is 4.79. The predicted molar refractivity (Wildman–Crippen MR) is 140 cm³/mol. The van der Waals surface area contributed by atoms with Gasteiger partial charge in [-0.2, -0.15) is 4.98 Å². The van der Waals surface area contributed by atoms with Crippen LogP contribution in [0.25, 0.3) is 11.4 Å². The number of rotatable bonds is 7. The Kier molecular flexibility index (Phi) is 7.44. The molecular formula is C29H29ClN4O2. The maximum Gasteiger partial charge on any atom is 0.241 e. The highest BCUT2D eigenvalue weighted by atomic mass is 35.5. The van der Waals surface area contributed by atoms with E-state index in [4.69, 9.17) is 16.1 Å². The summed E-state index contributed by atoms with van der Waals surface area (Å²) in [7, 11) is 0. The number of hydrogen-bond acceptors (Lipinski definition) is 5. The van der Waals surface area contributed by atoms with E-state index in [9.17, 15) is 4.79 Å². The van der Waals surface area contributed by atoms with Gasteiger partial charge < -0.3 is 9.84 Å². The van der Waals surface area contributed by atoms with Crippen LogP contribution in [0.2, 0.25) is 5.02 Å². The highest BCUT2D eigenvalue weighted by molar-refractivity contribution is 6.33. The van der Waals surface area contributed by atoms with Gasteiger partial charge in [-0.3, -0.25) is 9.69 Å². The Balaban J connectivity index is 1.27. The fourth-order valence-corrected chi connectivity index (χ4v) is 5.01. The molecule has 5 rings (SSSR count). The maximum absolute atomic E-state index is 13.5. The van der Waals surface area contributed by atoms with Crippen LogP contribution in [0.15, 0.2) is 83.4 Å². The van der Waals surface area contributed by atoms with Crippen LogP contribution in [0, 0.1) is 12.8 Å². The molecule has 1 saturated heterocycles. The van der Waals surface area contributed by atoms with Crippen LogP contribution in [-0.2, 0) is 11.3 Å². The second-order valence-electron chi connectivity index (χ2n) is 9.33. The summed E-state index contributed by atoms with van der Waals surface area (Å²) < 4.78 is 5.50. The number of halogens is 1. The van der Waals surface area contributed by atoms with E-state index in [0.717, 1.165) is 36.1 Å². The molecule has 6 nitrogen and oxygen atoms in total. The number of hydrogen-bond donors (Lipinski definition) is 1. The Morgan fingerprint density at radius 1 is 1.08 bits per heavy atom. The molecule has 2 heterocycles. The van der Waals surface area contributed by atoms with Crippen LogP contribution in [0.1, 0.15) is 41.5 Å². The molecule has 1 N–H and O–H groups in total. The zero-order valence-electron chi connectivity index (χ0n) is 20.2. The highest BCUT2D eigenvalue weighted by Gasteiger charge is 2.29. The summed E-state index contributed by atoms with van der Waals surface area (Å²) in [6.07, 6.45) is 1.79. The summed E-state index contributed by atoms with van der Waals surface area (Å²) in [5.41, 5.74) is 4.07. The molecule has 0 spiro atoms. The maximum atomic E-state index is 13.5. The van der Waals surface area contributed by atoms with Crippen molar-refractivity contribution in [1.82, 2.24) is 20.4 Å². The standard InChI is InChI=1S/C29H29ClN4O2/c1-20-9-7-12-22(17-20)27(21-10-3-2-4-11-21)32-29(35)23-13-8-16-34(18-23)19-26-31-28(33-36-26)24-14-5-6-15-25(24)30/h2-7,9-12,14-15,17,23,27H,8,13,16,18-19H2,1H3,(H,32,35). The van der Waals surface area contributed by atoms with E-state index >= 15 is 0 Å². The smallest absolute Gasteiger partial charge is 0.241 e. The molecule has 1 aromatic heterocycles. The Labute approximate surface area is 216 Å². The molecule has 1 amide bonds. The van der Waals surface area contributed by atoms with E-state index in [1.807, 2.05) is 42.5 Å². The van der Waals surface area contributed by atoms with E-state index in [1.54, 1.807) is 6.07 Å². The van der Waals surface area contributed by atoms with Crippen LogP contribution in [0.3, 0.4) is 0 Å². The van der Waals surface area contributed by atoms with Gasteiger partial charge in [-0.05, 0) is 49.6 Å². The number of carbonyl (C=O) groups is 1. The molecule has 1 aliphatic rings. The van der Waals surface area contributed by atoms with E-state index < -0.39 is 0 Å². The first-order valence-corrected chi connectivity index (χ1v) is 12.7. The monoisotopic (exact) mass is 500 g/mol. The lowest BCUT2D eigenvalue weighted by Gasteiger charge is -2.32. The summed E-state index contributed by atoms with van der Waals surface area (Å²) in [6.45, 7) is 4.10. The molecule has 0 saturated carbocycles. The van der Waals surface area contributed by atoms with Gasteiger partial charge in [-0.25, -0.2) is 0 Å². The first kappa shape index (κ1) is 24.2. The molecule has 184 valence electrons. The van der Waals surface area contributed by atoms with E-state index in [-0.39, 0.29) is 17.9 Å². The second-order valence-corrected chi connectivity index (χ2v) is 9.74. The van der Waals surface area contributed by atoms with E-state index in [1.165, 1.54) is 5.56 Å². The van der Waals surface area contributed by atoms with Gasteiger partial charge in [0.25, 0.3) is 0 Å². The second kappa shape index (κ2) is 11.1. The van der Waals surface area contributed by atoms with Crippen molar-refractivity contribution < 1.29 is 9.32 Å². The number of nitrogens with one attached hydrogen (secondary N) is 1. The number of likely N-dealkylation sites (tertiary alicyclic amines) is 1. The van der Waals surface area contributed by atoms with E-state index in [2.05, 4.69) is 57.6 Å². The predicted octanol–water partition coefficient (Wildman–Crippen LogP) is 5.82. The summed E-state index contributed by atoms with van der Waals surface area (Å²) in [4.78, 5) is 20.2. The van der Waals surface area contributed by atoms with E-state index in [0.29, 0.717) is 29.8 Å². The first-order chi connectivity index (χ1) is 17.6. The van der Waals surface area contributed by atoms with Crippen molar-refractivity contribution in [2.45, 2.75) is 32.4 Å².